The lowest BCUT2D eigenvalue weighted by atomic mass is 9.92. The fourth-order valence-electron chi connectivity index (χ4n) is 4.94. The highest BCUT2D eigenvalue weighted by Crippen LogP contribution is 2.32. The third-order valence-electron chi connectivity index (χ3n) is 6.33. The van der Waals surface area contributed by atoms with Crippen LogP contribution in [0, 0.1) is 0 Å². The van der Waals surface area contributed by atoms with Crippen molar-refractivity contribution >= 4 is 0 Å². The molecular weight excluding hydrogens is 392 g/mol. The molecule has 2 nitrogen and oxygen atoms in total. The highest BCUT2D eigenvalue weighted by atomic mass is 16.5. The van der Waals surface area contributed by atoms with E-state index in [-0.39, 0.29) is 0 Å². The predicted octanol–water partition coefficient (Wildman–Crippen LogP) is 6.38. The van der Waals surface area contributed by atoms with Gasteiger partial charge in [-0.3, -0.25) is 0 Å². The average molecular weight is 421 g/mol. The van der Waals surface area contributed by atoms with Crippen molar-refractivity contribution < 1.29 is 9.47 Å². The molecule has 0 radical (unpaired) electrons. The van der Waals surface area contributed by atoms with Crippen molar-refractivity contribution in [1.29, 1.82) is 0 Å². The molecule has 4 aromatic rings. The molecule has 0 amide bonds. The van der Waals surface area contributed by atoms with Crippen LogP contribution in [0.3, 0.4) is 0 Å². The zero-order chi connectivity index (χ0) is 21.9. The first-order chi connectivity index (χ1) is 15.7. The molecule has 0 N–H and O–H groups in total. The van der Waals surface area contributed by atoms with Crippen molar-refractivity contribution in [3.05, 3.63) is 129 Å². The van der Waals surface area contributed by atoms with Crippen LogP contribution in [0.1, 0.15) is 44.5 Å². The van der Waals surface area contributed by atoms with Gasteiger partial charge in [-0.25, -0.2) is 0 Å². The van der Waals surface area contributed by atoms with Gasteiger partial charge in [-0.2, -0.15) is 0 Å². The zero-order valence-electron chi connectivity index (χ0n) is 18.7. The summed E-state index contributed by atoms with van der Waals surface area (Å²) < 4.78 is 11.8. The number of fused-ring (bicyclic) bond motifs is 8. The Bertz CT molecular complexity index is 1080. The summed E-state index contributed by atoms with van der Waals surface area (Å²) in [6.45, 7) is 0. The molecule has 160 valence electrons. The molecule has 0 atom stereocenters. The molecule has 0 saturated heterocycles. The van der Waals surface area contributed by atoms with E-state index >= 15 is 0 Å². The molecule has 1 aliphatic carbocycles. The number of benzene rings is 4. The van der Waals surface area contributed by atoms with E-state index in [1.54, 1.807) is 14.2 Å². The summed E-state index contributed by atoms with van der Waals surface area (Å²) in [5, 5.41) is 0. The van der Waals surface area contributed by atoms with Gasteiger partial charge in [-0.15, -0.1) is 0 Å². The van der Waals surface area contributed by atoms with Gasteiger partial charge < -0.3 is 9.47 Å². The van der Waals surface area contributed by atoms with Gasteiger partial charge in [0.1, 0.15) is 11.5 Å². The fraction of sp³-hybridized carbons (Fsp3) is 0.200. The standard InChI is InChI=1S/C30H28O2/c1-31-29-25-11-5-12-26(29)18-22-8-4-10-24(16-22)20-28-14-6-13-27(30(28)32-2)19-23-9-3-7-21(15-23)17-25/h3-16H,17-20H2,1-2H3. The second-order valence-corrected chi connectivity index (χ2v) is 8.57. The van der Waals surface area contributed by atoms with Crippen LogP contribution in [0.5, 0.6) is 11.5 Å². The summed E-state index contributed by atoms with van der Waals surface area (Å²) in [6.07, 6.45) is 3.40. The van der Waals surface area contributed by atoms with Gasteiger partial charge in [0.15, 0.2) is 0 Å². The van der Waals surface area contributed by atoms with E-state index < -0.39 is 0 Å². The Morgan fingerprint density at radius 3 is 1.00 bits per heavy atom. The van der Waals surface area contributed by atoms with E-state index in [4.69, 9.17) is 9.47 Å². The lowest BCUT2D eigenvalue weighted by Crippen LogP contribution is -2.03. The summed E-state index contributed by atoms with van der Waals surface area (Å²) in [5.41, 5.74) is 10.1. The molecule has 0 fully saturated rings. The van der Waals surface area contributed by atoms with Gasteiger partial charge in [0, 0.05) is 25.7 Å². The number of hydrogen-bond acceptors (Lipinski definition) is 2. The minimum Gasteiger partial charge on any atom is -0.496 e. The number of methoxy groups -OCH3 is 2. The topological polar surface area (TPSA) is 18.5 Å². The first kappa shape index (κ1) is 20.4. The molecule has 0 saturated carbocycles. The fourth-order valence-corrected chi connectivity index (χ4v) is 4.94. The molecule has 32 heavy (non-hydrogen) atoms. The van der Waals surface area contributed by atoms with Gasteiger partial charge >= 0.3 is 0 Å². The first-order valence-electron chi connectivity index (χ1n) is 11.2. The van der Waals surface area contributed by atoms with E-state index in [1.165, 1.54) is 44.5 Å². The number of rotatable bonds is 2. The molecule has 0 aliphatic heterocycles. The Morgan fingerprint density at radius 2 is 0.719 bits per heavy atom. The molecular formula is C30H28O2. The number of ether oxygens (including phenoxy) is 2. The van der Waals surface area contributed by atoms with Crippen LogP contribution < -0.4 is 9.47 Å². The number of hydrogen-bond donors (Lipinski definition) is 0. The Labute approximate surface area is 190 Å². The van der Waals surface area contributed by atoms with Crippen LogP contribution in [0.25, 0.3) is 0 Å². The summed E-state index contributed by atoms with van der Waals surface area (Å²) >= 11 is 0. The first-order valence-corrected chi connectivity index (χ1v) is 11.2. The average Bonchev–Trinajstić information content (AvgIpc) is 2.80. The van der Waals surface area contributed by atoms with Crippen molar-refractivity contribution in [2.45, 2.75) is 25.7 Å². The third-order valence-corrected chi connectivity index (χ3v) is 6.33. The van der Waals surface area contributed by atoms with Gasteiger partial charge in [-0.05, 0) is 44.5 Å². The Balaban J connectivity index is 1.67. The van der Waals surface area contributed by atoms with Gasteiger partial charge in [0.2, 0.25) is 0 Å². The monoisotopic (exact) mass is 420 g/mol. The lowest BCUT2D eigenvalue weighted by Gasteiger charge is -2.17. The largest absolute Gasteiger partial charge is 0.496 e. The molecule has 0 aromatic heterocycles. The Hall–Kier alpha value is -3.52. The van der Waals surface area contributed by atoms with Crippen LogP contribution in [-0.2, 0) is 25.7 Å². The minimum absolute atomic E-state index is 0.849. The molecule has 4 aromatic carbocycles. The van der Waals surface area contributed by atoms with Crippen molar-refractivity contribution in [3.8, 4) is 11.5 Å². The van der Waals surface area contributed by atoms with Crippen LogP contribution in [-0.4, -0.2) is 14.2 Å². The molecule has 2 heteroatoms. The molecule has 5 rings (SSSR count). The predicted molar refractivity (Wildman–Crippen MR) is 130 cm³/mol. The highest BCUT2D eigenvalue weighted by molar-refractivity contribution is 5.49. The highest BCUT2D eigenvalue weighted by Gasteiger charge is 2.14. The second kappa shape index (κ2) is 8.92. The van der Waals surface area contributed by atoms with E-state index in [9.17, 15) is 0 Å². The molecule has 0 heterocycles. The Kier molecular flexibility index (Phi) is 5.68. The number of para-hydroxylation sites is 2. The summed E-state index contributed by atoms with van der Waals surface area (Å²) in [7, 11) is 3.57. The summed E-state index contributed by atoms with van der Waals surface area (Å²) in [5.74, 6) is 2.00. The molecule has 8 bridgehead atoms. The molecule has 0 unspecified atom stereocenters. The van der Waals surface area contributed by atoms with E-state index in [2.05, 4.69) is 84.9 Å². The van der Waals surface area contributed by atoms with Crippen LogP contribution in [0.15, 0.2) is 84.9 Å². The van der Waals surface area contributed by atoms with E-state index in [0.29, 0.717) is 0 Å². The zero-order valence-corrected chi connectivity index (χ0v) is 18.7. The van der Waals surface area contributed by atoms with Crippen molar-refractivity contribution in [2.24, 2.45) is 0 Å². The normalized spacial score (nSPS) is 12.8. The maximum atomic E-state index is 5.91. The summed E-state index contributed by atoms with van der Waals surface area (Å²) in [4.78, 5) is 0. The maximum absolute atomic E-state index is 5.91. The second-order valence-electron chi connectivity index (χ2n) is 8.57. The van der Waals surface area contributed by atoms with E-state index in [1.807, 2.05) is 0 Å². The summed E-state index contributed by atoms with van der Waals surface area (Å²) in [6, 6.07) is 30.8. The van der Waals surface area contributed by atoms with Crippen LogP contribution in [0.2, 0.25) is 0 Å². The SMILES string of the molecule is COc1c2cccc1Cc1cccc(c1)Cc1cccc(c1OC)Cc1cccc(c1)C2. The maximum Gasteiger partial charge on any atom is 0.125 e. The van der Waals surface area contributed by atoms with Gasteiger partial charge in [-0.1, -0.05) is 84.9 Å². The van der Waals surface area contributed by atoms with Crippen LogP contribution >= 0.6 is 0 Å². The Morgan fingerprint density at radius 1 is 0.438 bits per heavy atom. The minimum atomic E-state index is 0.849. The van der Waals surface area contributed by atoms with Crippen molar-refractivity contribution in [1.82, 2.24) is 0 Å². The van der Waals surface area contributed by atoms with E-state index in [0.717, 1.165) is 37.2 Å². The van der Waals surface area contributed by atoms with Crippen molar-refractivity contribution in [2.75, 3.05) is 14.2 Å². The third kappa shape index (κ3) is 4.13. The van der Waals surface area contributed by atoms with Gasteiger partial charge in [0.25, 0.3) is 0 Å². The molecule has 1 aliphatic rings. The quantitative estimate of drug-likeness (QED) is 0.330. The smallest absolute Gasteiger partial charge is 0.125 e. The van der Waals surface area contributed by atoms with Crippen LogP contribution in [0.4, 0.5) is 0 Å². The lowest BCUT2D eigenvalue weighted by molar-refractivity contribution is 0.406. The molecule has 0 spiro atoms. The van der Waals surface area contributed by atoms with Crippen molar-refractivity contribution in [3.63, 3.8) is 0 Å². The van der Waals surface area contributed by atoms with Gasteiger partial charge in [0.05, 0.1) is 14.2 Å².